The number of ether oxygens (including phenoxy) is 1. The molecular weight excluding hydrogens is 202 g/mol. The molecule has 0 aromatic carbocycles. The predicted octanol–water partition coefficient (Wildman–Crippen LogP) is 0.987. The van der Waals surface area contributed by atoms with Gasteiger partial charge in [0.2, 0.25) is 0 Å². The van der Waals surface area contributed by atoms with E-state index in [0.717, 1.165) is 26.2 Å². The van der Waals surface area contributed by atoms with Gasteiger partial charge in [-0.15, -0.1) is 0 Å². The van der Waals surface area contributed by atoms with E-state index in [1.807, 2.05) is 6.92 Å². The largest absolute Gasteiger partial charge is 0.376 e. The van der Waals surface area contributed by atoms with E-state index < -0.39 is 5.54 Å². The van der Waals surface area contributed by atoms with Crippen LogP contribution in [-0.2, 0) is 4.74 Å². The zero-order valence-electron chi connectivity index (χ0n) is 10.8. The van der Waals surface area contributed by atoms with Gasteiger partial charge in [0, 0.05) is 25.7 Å². The lowest BCUT2D eigenvalue weighted by Crippen LogP contribution is -2.55. The molecule has 0 aromatic heterocycles. The number of nitrogens with zero attached hydrogens (tertiary/aromatic N) is 2. The Labute approximate surface area is 98.6 Å². The first-order valence-corrected chi connectivity index (χ1v) is 5.98. The summed E-state index contributed by atoms with van der Waals surface area (Å²) in [5.41, 5.74) is -0.467. The molecule has 0 saturated carbocycles. The SMILES string of the molecule is CC(C)NC(C)(C#N)CN1CCOC(C)C1. The van der Waals surface area contributed by atoms with E-state index in [2.05, 4.69) is 37.1 Å². The molecule has 4 nitrogen and oxygen atoms in total. The summed E-state index contributed by atoms with van der Waals surface area (Å²) in [5.74, 6) is 0. The molecule has 16 heavy (non-hydrogen) atoms. The molecule has 0 aromatic rings. The van der Waals surface area contributed by atoms with Gasteiger partial charge in [-0.25, -0.2) is 0 Å². The lowest BCUT2D eigenvalue weighted by Gasteiger charge is -2.36. The highest BCUT2D eigenvalue weighted by Crippen LogP contribution is 2.11. The Morgan fingerprint density at radius 1 is 1.62 bits per heavy atom. The van der Waals surface area contributed by atoms with E-state index in [1.54, 1.807) is 0 Å². The monoisotopic (exact) mass is 225 g/mol. The van der Waals surface area contributed by atoms with Crippen molar-refractivity contribution in [1.29, 1.82) is 5.26 Å². The Kier molecular flexibility index (Phi) is 4.72. The Morgan fingerprint density at radius 3 is 2.81 bits per heavy atom. The van der Waals surface area contributed by atoms with E-state index in [0.29, 0.717) is 6.04 Å². The van der Waals surface area contributed by atoms with E-state index in [-0.39, 0.29) is 6.10 Å². The van der Waals surface area contributed by atoms with Crippen LogP contribution in [0.5, 0.6) is 0 Å². The Hall–Kier alpha value is -0.630. The maximum Gasteiger partial charge on any atom is 0.116 e. The molecule has 1 rings (SSSR count). The molecule has 1 saturated heterocycles. The fourth-order valence-corrected chi connectivity index (χ4v) is 2.23. The fraction of sp³-hybridized carbons (Fsp3) is 0.917. The molecule has 0 bridgehead atoms. The van der Waals surface area contributed by atoms with Crippen molar-refractivity contribution < 1.29 is 4.74 Å². The second kappa shape index (κ2) is 5.62. The van der Waals surface area contributed by atoms with Crippen LogP contribution in [0.25, 0.3) is 0 Å². The number of hydrogen-bond acceptors (Lipinski definition) is 4. The van der Waals surface area contributed by atoms with Crippen LogP contribution in [0.15, 0.2) is 0 Å². The van der Waals surface area contributed by atoms with E-state index in [9.17, 15) is 5.26 Å². The number of morpholine rings is 1. The molecule has 92 valence electrons. The second-order valence-corrected chi connectivity index (χ2v) is 5.16. The molecule has 0 radical (unpaired) electrons. The van der Waals surface area contributed by atoms with Crippen molar-refractivity contribution in [2.75, 3.05) is 26.2 Å². The van der Waals surface area contributed by atoms with E-state index in [1.165, 1.54) is 0 Å². The van der Waals surface area contributed by atoms with Crippen LogP contribution >= 0.6 is 0 Å². The maximum atomic E-state index is 9.26. The molecule has 0 spiro atoms. The van der Waals surface area contributed by atoms with Crippen LogP contribution in [0.4, 0.5) is 0 Å². The van der Waals surface area contributed by atoms with Gasteiger partial charge in [0.15, 0.2) is 0 Å². The molecule has 0 amide bonds. The summed E-state index contributed by atoms with van der Waals surface area (Å²) in [6.07, 6.45) is 0.274. The molecule has 1 N–H and O–H groups in total. The Bertz CT molecular complexity index is 261. The van der Waals surface area contributed by atoms with Crippen molar-refractivity contribution in [2.24, 2.45) is 0 Å². The highest BCUT2D eigenvalue weighted by atomic mass is 16.5. The molecule has 2 atom stereocenters. The molecular formula is C12H23N3O. The first-order valence-electron chi connectivity index (χ1n) is 5.98. The number of hydrogen-bond donors (Lipinski definition) is 1. The standard InChI is InChI=1S/C12H23N3O/c1-10(2)14-12(4,8-13)9-15-5-6-16-11(3)7-15/h10-11,14H,5-7,9H2,1-4H3. The van der Waals surface area contributed by atoms with Gasteiger partial charge in [-0.05, 0) is 27.7 Å². The summed E-state index contributed by atoms with van der Waals surface area (Å²) < 4.78 is 5.49. The molecule has 2 unspecified atom stereocenters. The van der Waals surface area contributed by atoms with Crippen molar-refractivity contribution >= 4 is 0 Å². The Morgan fingerprint density at radius 2 is 2.31 bits per heavy atom. The predicted molar refractivity (Wildman–Crippen MR) is 64.1 cm³/mol. The number of nitriles is 1. The zero-order valence-corrected chi connectivity index (χ0v) is 10.8. The average molecular weight is 225 g/mol. The van der Waals surface area contributed by atoms with Gasteiger partial charge in [0.25, 0.3) is 0 Å². The highest BCUT2D eigenvalue weighted by molar-refractivity contribution is 5.06. The summed E-state index contributed by atoms with van der Waals surface area (Å²) in [7, 11) is 0. The van der Waals surface area contributed by atoms with Gasteiger partial charge in [0.1, 0.15) is 5.54 Å². The van der Waals surface area contributed by atoms with Crippen molar-refractivity contribution in [3.05, 3.63) is 0 Å². The van der Waals surface area contributed by atoms with Crippen LogP contribution in [-0.4, -0.2) is 48.8 Å². The summed E-state index contributed by atoms with van der Waals surface area (Å²) in [6.45, 7) is 11.5. The third kappa shape index (κ3) is 4.09. The van der Waals surface area contributed by atoms with Crippen LogP contribution in [0.2, 0.25) is 0 Å². The normalized spacial score (nSPS) is 26.4. The second-order valence-electron chi connectivity index (χ2n) is 5.16. The minimum absolute atomic E-state index is 0.274. The van der Waals surface area contributed by atoms with Gasteiger partial charge in [-0.3, -0.25) is 10.2 Å². The summed E-state index contributed by atoms with van der Waals surface area (Å²) >= 11 is 0. The molecule has 1 aliphatic heterocycles. The zero-order chi connectivity index (χ0) is 12.2. The van der Waals surface area contributed by atoms with E-state index >= 15 is 0 Å². The van der Waals surface area contributed by atoms with Gasteiger partial charge in [0.05, 0.1) is 18.8 Å². The first-order chi connectivity index (χ1) is 7.45. The number of nitrogens with one attached hydrogen (secondary N) is 1. The lowest BCUT2D eigenvalue weighted by molar-refractivity contribution is -0.0236. The molecule has 1 heterocycles. The minimum atomic E-state index is -0.467. The van der Waals surface area contributed by atoms with Crippen molar-refractivity contribution in [3.63, 3.8) is 0 Å². The van der Waals surface area contributed by atoms with Gasteiger partial charge >= 0.3 is 0 Å². The van der Waals surface area contributed by atoms with Crippen molar-refractivity contribution in [1.82, 2.24) is 10.2 Å². The molecule has 0 aliphatic carbocycles. The molecule has 4 heteroatoms. The van der Waals surface area contributed by atoms with Crippen LogP contribution in [0.3, 0.4) is 0 Å². The third-order valence-electron chi connectivity index (χ3n) is 2.72. The van der Waals surface area contributed by atoms with E-state index in [4.69, 9.17) is 4.74 Å². The number of rotatable bonds is 4. The summed E-state index contributed by atoms with van der Waals surface area (Å²) in [4.78, 5) is 2.30. The van der Waals surface area contributed by atoms with Gasteiger partial charge < -0.3 is 4.74 Å². The van der Waals surface area contributed by atoms with Crippen molar-refractivity contribution in [2.45, 2.75) is 45.4 Å². The van der Waals surface area contributed by atoms with Gasteiger partial charge in [-0.1, -0.05) is 0 Å². The average Bonchev–Trinajstić information content (AvgIpc) is 2.16. The molecule has 1 aliphatic rings. The maximum absolute atomic E-state index is 9.26. The van der Waals surface area contributed by atoms with Gasteiger partial charge in [-0.2, -0.15) is 5.26 Å². The quantitative estimate of drug-likeness (QED) is 0.775. The lowest BCUT2D eigenvalue weighted by atomic mass is 10.0. The smallest absolute Gasteiger partial charge is 0.116 e. The molecule has 1 fully saturated rings. The van der Waals surface area contributed by atoms with Crippen LogP contribution < -0.4 is 5.32 Å². The third-order valence-corrected chi connectivity index (χ3v) is 2.72. The summed E-state index contributed by atoms with van der Waals surface area (Å²) in [6, 6.07) is 2.70. The first kappa shape index (κ1) is 13.4. The fourth-order valence-electron chi connectivity index (χ4n) is 2.23. The Balaban J connectivity index is 2.52. The topological polar surface area (TPSA) is 48.3 Å². The van der Waals surface area contributed by atoms with Crippen molar-refractivity contribution in [3.8, 4) is 6.07 Å². The minimum Gasteiger partial charge on any atom is -0.376 e. The summed E-state index contributed by atoms with van der Waals surface area (Å²) in [5, 5.41) is 12.6. The highest BCUT2D eigenvalue weighted by Gasteiger charge is 2.29. The van der Waals surface area contributed by atoms with Crippen LogP contribution in [0.1, 0.15) is 27.7 Å². The van der Waals surface area contributed by atoms with Crippen LogP contribution in [0, 0.1) is 11.3 Å².